The fraction of sp³-hybridized carbons (Fsp3) is 0.571. The summed E-state index contributed by atoms with van der Waals surface area (Å²) in [6.07, 6.45) is 10.2. The first-order chi connectivity index (χ1) is 12.3. The number of thiophene rings is 1. The van der Waals surface area contributed by atoms with Crippen LogP contribution >= 0.6 is 11.3 Å². The van der Waals surface area contributed by atoms with Crippen LogP contribution in [0.25, 0.3) is 0 Å². The highest BCUT2D eigenvalue weighted by Gasteiger charge is 2.54. The minimum Gasteiger partial charge on any atom is -0.381 e. The lowest BCUT2D eigenvalue weighted by molar-refractivity contribution is 0.0444. The van der Waals surface area contributed by atoms with Crippen molar-refractivity contribution in [2.45, 2.75) is 44.6 Å². The standard InChI is InChI=1S/C21H28N2OS/c1-2-24-17-20(8-7-19-6-4-14-25-19)11-13-23(16-20)21(9-10-21)18-5-3-12-22-15-18/h3-6,12,14-15H,2,7-11,13,16-17H2,1H3. The monoisotopic (exact) mass is 356 g/mol. The van der Waals surface area contributed by atoms with Crippen LogP contribution < -0.4 is 0 Å². The van der Waals surface area contributed by atoms with Gasteiger partial charge >= 0.3 is 0 Å². The Bertz CT molecular complexity index is 668. The third-order valence-corrected chi connectivity index (χ3v) is 7.00. The van der Waals surface area contributed by atoms with Crippen molar-refractivity contribution in [3.63, 3.8) is 0 Å². The van der Waals surface area contributed by atoms with Crippen molar-refractivity contribution >= 4 is 11.3 Å². The maximum Gasteiger partial charge on any atom is 0.0535 e. The van der Waals surface area contributed by atoms with Gasteiger partial charge in [0.25, 0.3) is 0 Å². The molecule has 25 heavy (non-hydrogen) atoms. The molecule has 3 nitrogen and oxygen atoms in total. The van der Waals surface area contributed by atoms with E-state index in [1.165, 1.54) is 49.1 Å². The Morgan fingerprint density at radius 3 is 2.84 bits per heavy atom. The molecular weight excluding hydrogens is 328 g/mol. The van der Waals surface area contributed by atoms with Crippen LogP contribution in [0.2, 0.25) is 0 Å². The number of pyridine rings is 1. The molecule has 1 aliphatic carbocycles. The third-order valence-electron chi connectivity index (χ3n) is 6.06. The van der Waals surface area contributed by atoms with Gasteiger partial charge in [-0.2, -0.15) is 0 Å². The first-order valence-corrected chi connectivity index (χ1v) is 10.4. The van der Waals surface area contributed by atoms with Crippen LogP contribution in [-0.2, 0) is 16.7 Å². The lowest BCUT2D eigenvalue weighted by Gasteiger charge is -2.33. The number of hydrogen-bond acceptors (Lipinski definition) is 4. The summed E-state index contributed by atoms with van der Waals surface area (Å²) in [5, 5.41) is 2.19. The number of aromatic nitrogens is 1. The van der Waals surface area contributed by atoms with Gasteiger partial charge in [-0.25, -0.2) is 0 Å². The number of rotatable bonds is 8. The molecule has 3 heterocycles. The van der Waals surface area contributed by atoms with Crippen LogP contribution in [0.4, 0.5) is 0 Å². The van der Waals surface area contributed by atoms with Gasteiger partial charge in [0.15, 0.2) is 0 Å². The van der Waals surface area contributed by atoms with Gasteiger partial charge in [0.05, 0.1) is 6.61 Å². The fourth-order valence-electron chi connectivity index (χ4n) is 4.40. The first-order valence-electron chi connectivity index (χ1n) is 9.52. The highest BCUT2D eigenvalue weighted by Crippen LogP contribution is 2.54. The Kier molecular flexibility index (Phi) is 4.94. The van der Waals surface area contributed by atoms with Gasteiger partial charge in [-0.05, 0) is 68.6 Å². The Morgan fingerprint density at radius 1 is 1.24 bits per heavy atom. The molecule has 0 aromatic carbocycles. The first kappa shape index (κ1) is 17.2. The molecule has 4 rings (SSSR count). The van der Waals surface area contributed by atoms with Crippen molar-refractivity contribution < 1.29 is 4.74 Å². The quantitative estimate of drug-likeness (QED) is 0.697. The summed E-state index contributed by atoms with van der Waals surface area (Å²) in [7, 11) is 0. The van der Waals surface area contributed by atoms with E-state index in [2.05, 4.69) is 52.7 Å². The van der Waals surface area contributed by atoms with E-state index in [-0.39, 0.29) is 5.54 Å². The lowest BCUT2D eigenvalue weighted by Crippen LogP contribution is -2.37. The number of aryl methyl sites for hydroxylation is 1. The molecule has 1 saturated carbocycles. The van der Waals surface area contributed by atoms with Crippen molar-refractivity contribution in [3.05, 3.63) is 52.5 Å². The van der Waals surface area contributed by atoms with Gasteiger partial charge in [-0.3, -0.25) is 9.88 Å². The molecule has 1 atom stereocenters. The van der Waals surface area contributed by atoms with Gasteiger partial charge in [0, 0.05) is 41.4 Å². The number of nitrogens with zero attached hydrogens (tertiary/aromatic N) is 2. The maximum absolute atomic E-state index is 5.94. The van der Waals surface area contributed by atoms with E-state index in [0.29, 0.717) is 5.41 Å². The molecule has 1 saturated heterocycles. The maximum atomic E-state index is 5.94. The van der Waals surface area contributed by atoms with E-state index >= 15 is 0 Å². The van der Waals surface area contributed by atoms with Crippen LogP contribution in [0.3, 0.4) is 0 Å². The summed E-state index contributed by atoms with van der Waals surface area (Å²) < 4.78 is 5.94. The molecule has 2 fully saturated rings. The molecule has 0 radical (unpaired) electrons. The highest BCUT2D eigenvalue weighted by atomic mass is 32.1. The molecule has 0 spiro atoms. The van der Waals surface area contributed by atoms with Gasteiger partial charge in [0.1, 0.15) is 0 Å². The molecule has 0 N–H and O–H groups in total. The van der Waals surface area contributed by atoms with Crippen molar-refractivity contribution in [2.24, 2.45) is 5.41 Å². The van der Waals surface area contributed by atoms with Crippen LogP contribution in [0, 0.1) is 5.41 Å². The summed E-state index contributed by atoms with van der Waals surface area (Å²) in [4.78, 5) is 8.60. The summed E-state index contributed by atoms with van der Waals surface area (Å²) in [6, 6.07) is 8.77. The van der Waals surface area contributed by atoms with E-state index in [0.717, 1.165) is 19.8 Å². The van der Waals surface area contributed by atoms with E-state index in [4.69, 9.17) is 4.74 Å². The van der Waals surface area contributed by atoms with Crippen LogP contribution in [-0.4, -0.2) is 36.2 Å². The summed E-state index contributed by atoms with van der Waals surface area (Å²) in [5.41, 5.74) is 1.96. The van der Waals surface area contributed by atoms with E-state index < -0.39 is 0 Å². The van der Waals surface area contributed by atoms with Gasteiger partial charge in [-0.1, -0.05) is 12.1 Å². The van der Waals surface area contributed by atoms with E-state index in [9.17, 15) is 0 Å². The summed E-state index contributed by atoms with van der Waals surface area (Å²) >= 11 is 1.88. The SMILES string of the molecule is CCOCC1(CCc2cccs2)CCN(C2(c3cccnc3)CC2)C1. The number of likely N-dealkylation sites (tertiary alicyclic amines) is 1. The summed E-state index contributed by atoms with van der Waals surface area (Å²) in [5.74, 6) is 0. The van der Waals surface area contributed by atoms with Crippen molar-refractivity contribution in [3.8, 4) is 0 Å². The van der Waals surface area contributed by atoms with Crippen molar-refractivity contribution in [1.29, 1.82) is 0 Å². The van der Waals surface area contributed by atoms with Crippen LogP contribution in [0.15, 0.2) is 42.0 Å². The topological polar surface area (TPSA) is 25.4 Å². The summed E-state index contributed by atoms with van der Waals surface area (Å²) in [6.45, 7) is 6.17. The fourth-order valence-corrected chi connectivity index (χ4v) is 5.11. The molecule has 1 aliphatic heterocycles. The smallest absolute Gasteiger partial charge is 0.0535 e. The molecular formula is C21H28N2OS. The number of ether oxygens (including phenoxy) is 1. The van der Waals surface area contributed by atoms with E-state index in [1.54, 1.807) is 0 Å². The number of hydrogen-bond donors (Lipinski definition) is 0. The molecule has 134 valence electrons. The normalized spacial score (nSPS) is 25.3. The minimum atomic E-state index is 0.255. The van der Waals surface area contributed by atoms with Gasteiger partial charge < -0.3 is 4.74 Å². The predicted octanol–water partition coefficient (Wildman–Crippen LogP) is 4.49. The van der Waals surface area contributed by atoms with Crippen molar-refractivity contribution in [2.75, 3.05) is 26.3 Å². The minimum absolute atomic E-state index is 0.255. The van der Waals surface area contributed by atoms with Crippen LogP contribution in [0.5, 0.6) is 0 Å². The zero-order valence-electron chi connectivity index (χ0n) is 15.1. The Hall–Kier alpha value is -1.23. The Balaban J connectivity index is 1.48. The second-order valence-corrected chi connectivity index (χ2v) is 8.69. The van der Waals surface area contributed by atoms with Gasteiger partial charge in [-0.15, -0.1) is 11.3 Å². The average Bonchev–Trinajstić information content (AvgIpc) is 3.10. The van der Waals surface area contributed by atoms with Crippen LogP contribution in [0.1, 0.15) is 43.0 Å². The lowest BCUT2D eigenvalue weighted by atomic mass is 9.83. The average molecular weight is 357 g/mol. The molecule has 2 aliphatic rings. The van der Waals surface area contributed by atoms with Gasteiger partial charge in [0.2, 0.25) is 0 Å². The zero-order chi connectivity index (χ0) is 17.2. The largest absolute Gasteiger partial charge is 0.381 e. The Labute approximate surface area is 155 Å². The molecule has 1 unspecified atom stereocenters. The van der Waals surface area contributed by atoms with Crippen molar-refractivity contribution in [1.82, 2.24) is 9.88 Å². The molecule has 0 amide bonds. The predicted molar refractivity (Wildman–Crippen MR) is 103 cm³/mol. The molecule has 2 aromatic heterocycles. The Morgan fingerprint density at radius 2 is 2.16 bits per heavy atom. The molecule has 4 heteroatoms. The zero-order valence-corrected chi connectivity index (χ0v) is 15.9. The molecule has 2 aromatic rings. The molecule has 0 bridgehead atoms. The third kappa shape index (κ3) is 3.53. The highest BCUT2D eigenvalue weighted by molar-refractivity contribution is 7.09. The second-order valence-electron chi connectivity index (χ2n) is 7.66. The second kappa shape index (κ2) is 7.18. The van der Waals surface area contributed by atoms with E-state index in [1.807, 2.05) is 17.5 Å².